The van der Waals surface area contributed by atoms with Crippen molar-refractivity contribution >= 4 is 26.8 Å². The molecule has 0 aliphatic heterocycles. The lowest BCUT2D eigenvalue weighted by Gasteiger charge is -2.25. The first kappa shape index (κ1) is 13.6. The highest BCUT2D eigenvalue weighted by atomic mass is 79.9. The molecule has 18 heavy (non-hydrogen) atoms. The summed E-state index contributed by atoms with van der Waals surface area (Å²) < 4.78 is 1.95. The van der Waals surface area contributed by atoms with Gasteiger partial charge in [-0.15, -0.1) is 0 Å². The molecule has 4 heteroatoms. The van der Waals surface area contributed by atoms with Crippen LogP contribution in [0.3, 0.4) is 0 Å². The normalized spacial score (nSPS) is 12.2. The van der Waals surface area contributed by atoms with E-state index in [1.165, 1.54) is 10.9 Å². The maximum atomic E-state index is 4.60. The number of alkyl halides is 1. The van der Waals surface area contributed by atoms with Crippen molar-refractivity contribution in [1.29, 1.82) is 0 Å². The van der Waals surface area contributed by atoms with Crippen molar-refractivity contribution in [2.75, 3.05) is 5.33 Å². The number of rotatable bonds is 5. The van der Waals surface area contributed by atoms with Crippen LogP contribution in [-0.2, 0) is 13.6 Å². The van der Waals surface area contributed by atoms with Gasteiger partial charge < -0.3 is 5.32 Å². The van der Waals surface area contributed by atoms with E-state index in [0.29, 0.717) is 0 Å². The zero-order valence-electron chi connectivity index (χ0n) is 11.2. The zero-order valence-corrected chi connectivity index (χ0v) is 12.8. The van der Waals surface area contributed by atoms with Crippen molar-refractivity contribution in [3.05, 3.63) is 30.0 Å². The van der Waals surface area contributed by atoms with Crippen LogP contribution in [-0.4, -0.2) is 20.6 Å². The summed E-state index contributed by atoms with van der Waals surface area (Å²) in [7, 11) is 2.00. The summed E-state index contributed by atoms with van der Waals surface area (Å²) in [5.41, 5.74) is 2.44. The van der Waals surface area contributed by atoms with Crippen molar-refractivity contribution in [2.45, 2.75) is 32.4 Å². The Kier molecular flexibility index (Phi) is 4.07. The van der Waals surface area contributed by atoms with E-state index in [1.54, 1.807) is 0 Å². The van der Waals surface area contributed by atoms with Gasteiger partial charge in [0.15, 0.2) is 0 Å². The Hall–Kier alpha value is -0.870. The van der Waals surface area contributed by atoms with E-state index in [1.807, 2.05) is 11.7 Å². The van der Waals surface area contributed by atoms with Crippen molar-refractivity contribution in [2.24, 2.45) is 7.05 Å². The molecule has 98 valence electrons. The van der Waals surface area contributed by atoms with Crippen molar-refractivity contribution in [3.63, 3.8) is 0 Å². The van der Waals surface area contributed by atoms with Gasteiger partial charge in [0.05, 0.1) is 11.2 Å². The van der Waals surface area contributed by atoms with Gasteiger partial charge in [-0.1, -0.05) is 34.1 Å². The van der Waals surface area contributed by atoms with Gasteiger partial charge in [-0.25, -0.2) is 0 Å². The van der Waals surface area contributed by atoms with Crippen LogP contribution in [0.25, 0.3) is 10.9 Å². The minimum absolute atomic E-state index is 0.127. The Morgan fingerprint density at radius 1 is 1.33 bits per heavy atom. The number of nitrogens with zero attached hydrogens (tertiary/aromatic N) is 2. The summed E-state index contributed by atoms with van der Waals surface area (Å²) in [6.07, 6.45) is 1.10. The molecule has 1 aromatic heterocycles. The first-order valence-electron chi connectivity index (χ1n) is 6.25. The highest BCUT2D eigenvalue weighted by Gasteiger charge is 2.17. The second kappa shape index (κ2) is 5.41. The van der Waals surface area contributed by atoms with E-state index < -0.39 is 0 Å². The zero-order chi connectivity index (χ0) is 13.2. The van der Waals surface area contributed by atoms with Crippen molar-refractivity contribution in [3.8, 4) is 0 Å². The second-order valence-electron chi connectivity index (χ2n) is 5.26. The Bertz CT molecular complexity index is 531. The smallest absolute Gasteiger partial charge is 0.0841 e. The van der Waals surface area contributed by atoms with Crippen LogP contribution in [0.2, 0.25) is 0 Å². The second-order valence-corrected chi connectivity index (χ2v) is 6.06. The van der Waals surface area contributed by atoms with Crippen LogP contribution in [0, 0.1) is 0 Å². The largest absolute Gasteiger partial charge is 0.306 e. The molecule has 0 saturated carbocycles. The third-order valence-corrected chi connectivity index (χ3v) is 3.68. The topological polar surface area (TPSA) is 29.9 Å². The minimum Gasteiger partial charge on any atom is -0.306 e. The minimum atomic E-state index is 0.127. The lowest BCUT2D eigenvalue weighted by molar-refractivity contribution is 0.375. The maximum absolute atomic E-state index is 4.60. The summed E-state index contributed by atoms with van der Waals surface area (Å²) in [6, 6.07) is 8.36. The number of fused-ring (bicyclic) bond motifs is 1. The lowest BCUT2D eigenvalue weighted by Crippen LogP contribution is -2.39. The van der Waals surface area contributed by atoms with Crippen LogP contribution < -0.4 is 5.32 Å². The molecule has 0 aliphatic rings. The van der Waals surface area contributed by atoms with Crippen LogP contribution in [0.1, 0.15) is 26.0 Å². The summed E-state index contributed by atoms with van der Waals surface area (Å²) in [5.74, 6) is 0. The third kappa shape index (κ3) is 2.93. The van der Waals surface area contributed by atoms with E-state index >= 15 is 0 Å². The van der Waals surface area contributed by atoms with Gasteiger partial charge in [-0.05, 0) is 26.3 Å². The van der Waals surface area contributed by atoms with Gasteiger partial charge >= 0.3 is 0 Å². The Balaban J connectivity index is 2.17. The molecule has 0 atom stereocenters. The molecule has 0 radical (unpaired) electrons. The van der Waals surface area contributed by atoms with Gasteiger partial charge in [0.1, 0.15) is 0 Å². The lowest BCUT2D eigenvalue weighted by atomic mass is 10.0. The number of para-hydroxylation sites is 1. The van der Waals surface area contributed by atoms with Crippen LogP contribution >= 0.6 is 15.9 Å². The SMILES string of the molecule is Cn1nc(CNC(C)(C)CCBr)c2ccccc21. The van der Waals surface area contributed by atoms with E-state index in [2.05, 4.69) is 64.5 Å². The van der Waals surface area contributed by atoms with E-state index in [-0.39, 0.29) is 5.54 Å². The standard InChI is InChI=1S/C14H20BrN3/c1-14(2,8-9-15)16-10-12-11-6-4-5-7-13(11)18(3)17-12/h4-7,16H,8-10H2,1-3H3. The Morgan fingerprint density at radius 3 is 2.78 bits per heavy atom. The maximum Gasteiger partial charge on any atom is 0.0841 e. The molecule has 0 bridgehead atoms. The number of hydrogen-bond donors (Lipinski definition) is 1. The van der Waals surface area contributed by atoms with Gasteiger partial charge in [0.25, 0.3) is 0 Å². The molecular weight excluding hydrogens is 290 g/mol. The van der Waals surface area contributed by atoms with Gasteiger partial charge in [-0.3, -0.25) is 4.68 Å². The molecule has 2 aromatic rings. The van der Waals surface area contributed by atoms with Crippen LogP contribution in [0.4, 0.5) is 0 Å². The fourth-order valence-corrected chi connectivity index (χ4v) is 3.06. The summed E-state index contributed by atoms with van der Waals surface area (Å²) in [6.45, 7) is 5.25. The van der Waals surface area contributed by atoms with Gasteiger partial charge in [0, 0.05) is 29.8 Å². The molecule has 1 heterocycles. The highest BCUT2D eigenvalue weighted by molar-refractivity contribution is 9.09. The molecule has 2 rings (SSSR count). The fraction of sp³-hybridized carbons (Fsp3) is 0.500. The van der Waals surface area contributed by atoms with Crippen molar-refractivity contribution < 1.29 is 0 Å². The summed E-state index contributed by atoms with van der Waals surface area (Å²) in [5, 5.41) is 10.4. The fourth-order valence-electron chi connectivity index (χ4n) is 2.07. The predicted octanol–water partition coefficient (Wildman–Crippen LogP) is 3.23. The molecule has 0 unspecified atom stereocenters. The van der Waals surface area contributed by atoms with Gasteiger partial charge in [0.2, 0.25) is 0 Å². The average molecular weight is 310 g/mol. The quantitative estimate of drug-likeness (QED) is 0.859. The van der Waals surface area contributed by atoms with E-state index in [0.717, 1.165) is 24.0 Å². The highest BCUT2D eigenvalue weighted by Crippen LogP contribution is 2.18. The molecular formula is C14H20BrN3. The average Bonchev–Trinajstić information content (AvgIpc) is 2.65. The number of aromatic nitrogens is 2. The molecule has 0 fully saturated rings. The first-order valence-corrected chi connectivity index (χ1v) is 7.37. The van der Waals surface area contributed by atoms with Gasteiger partial charge in [-0.2, -0.15) is 5.10 Å². The number of aryl methyl sites for hydroxylation is 1. The summed E-state index contributed by atoms with van der Waals surface area (Å²) >= 11 is 3.50. The van der Waals surface area contributed by atoms with E-state index in [9.17, 15) is 0 Å². The molecule has 1 aromatic carbocycles. The molecule has 0 spiro atoms. The third-order valence-electron chi connectivity index (χ3n) is 3.29. The number of halogens is 1. The molecule has 0 aliphatic carbocycles. The van der Waals surface area contributed by atoms with E-state index in [4.69, 9.17) is 0 Å². The first-order chi connectivity index (χ1) is 8.53. The summed E-state index contributed by atoms with van der Waals surface area (Å²) in [4.78, 5) is 0. The number of benzene rings is 1. The molecule has 0 amide bonds. The monoisotopic (exact) mass is 309 g/mol. The molecule has 0 saturated heterocycles. The number of nitrogens with one attached hydrogen (secondary N) is 1. The van der Waals surface area contributed by atoms with Crippen LogP contribution in [0.15, 0.2) is 24.3 Å². The van der Waals surface area contributed by atoms with Crippen molar-refractivity contribution in [1.82, 2.24) is 15.1 Å². The predicted molar refractivity (Wildman–Crippen MR) is 80.0 cm³/mol. The molecule has 1 N–H and O–H groups in total. The Labute approximate surface area is 117 Å². The number of hydrogen-bond acceptors (Lipinski definition) is 2. The van der Waals surface area contributed by atoms with Crippen LogP contribution in [0.5, 0.6) is 0 Å². The molecule has 3 nitrogen and oxygen atoms in total. The Morgan fingerprint density at radius 2 is 2.06 bits per heavy atom.